The molecule has 0 amide bonds. The molecule has 0 aromatic heterocycles. The molecule has 0 saturated heterocycles. The Labute approximate surface area is 462 Å². The fourth-order valence-electron chi connectivity index (χ4n) is 8.02. The number of allylic oxidation sites excluding steroid dienone is 22. The first kappa shape index (κ1) is 70.5. The molecule has 0 bridgehead atoms. The Balaban J connectivity index is 4.47. The van der Waals surface area contributed by atoms with Gasteiger partial charge in [0.15, 0.2) is 6.10 Å². The van der Waals surface area contributed by atoms with Crippen molar-refractivity contribution < 1.29 is 28.6 Å². The molecule has 0 fully saturated rings. The van der Waals surface area contributed by atoms with Crippen LogP contribution in [0.4, 0.5) is 0 Å². The van der Waals surface area contributed by atoms with E-state index in [1.54, 1.807) is 0 Å². The Morgan fingerprint density at radius 3 is 0.867 bits per heavy atom. The zero-order valence-corrected chi connectivity index (χ0v) is 48.5. The quantitative estimate of drug-likeness (QED) is 0.0261. The van der Waals surface area contributed by atoms with Crippen molar-refractivity contribution in [2.24, 2.45) is 0 Å². The van der Waals surface area contributed by atoms with Crippen molar-refractivity contribution in [3.63, 3.8) is 0 Å². The lowest BCUT2D eigenvalue weighted by atomic mass is 10.1. The highest BCUT2D eigenvalue weighted by Crippen LogP contribution is 2.14. The van der Waals surface area contributed by atoms with Gasteiger partial charge in [0, 0.05) is 19.3 Å². The van der Waals surface area contributed by atoms with Crippen molar-refractivity contribution in [2.45, 2.75) is 271 Å². The van der Waals surface area contributed by atoms with Crippen molar-refractivity contribution in [1.29, 1.82) is 0 Å². The van der Waals surface area contributed by atoms with Crippen LogP contribution in [0, 0.1) is 0 Å². The number of rotatable bonds is 54. The maximum Gasteiger partial charge on any atom is 0.306 e. The summed E-state index contributed by atoms with van der Waals surface area (Å²) in [6, 6.07) is 0. The van der Waals surface area contributed by atoms with E-state index in [0.29, 0.717) is 19.3 Å². The number of hydrogen-bond acceptors (Lipinski definition) is 6. The summed E-state index contributed by atoms with van der Waals surface area (Å²) in [6.45, 7) is 6.40. The van der Waals surface area contributed by atoms with E-state index in [4.69, 9.17) is 14.2 Å². The molecule has 0 heterocycles. The summed E-state index contributed by atoms with van der Waals surface area (Å²) >= 11 is 0. The largest absolute Gasteiger partial charge is 0.462 e. The lowest BCUT2D eigenvalue weighted by molar-refractivity contribution is -0.167. The number of carbonyl (C=O) groups excluding carboxylic acids is 3. The van der Waals surface area contributed by atoms with Crippen LogP contribution in [0.5, 0.6) is 0 Å². The second-order valence-electron chi connectivity index (χ2n) is 19.9. The molecule has 0 aliphatic heterocycles. The SMILES string of the molecule is CC/C=C\C/C=C\C/C=C\C/C=C\C/C=C\C/C=C\CCCCCCC(=O)OCC(COC(=O)CCCCCCC/C=C\C/C=C\CCC)OC(=O)CCCCCCCC/C=C\C/C=C\C/C=C\CCCCCCC. The predicted molar refractivity (Wildman–Crippen MR) is 325 cm³/mol. The minimum atomic E-state index is -0.808. The lowest BCUT2D eigenvalue weighted by Crippen LogP contribution is -2.30. The first-order valence-electron chi connectivity index (χ1n) is 30.7. The summed E-state index contributed by atoms with van der Waals surface area (Å²) in [7, 11) is 0. The molecule has 0 saturated carbocycles. The van der Waals surface area contributed by atoms with Crippen LogP contribution in [0.25, 0.3) is 0 Å². The molecule has 0 radical (unpaired) electrons. The molecule has 1 unspecified atom stereocenters. The Hall–Kier alpha value is -4.45. The van der Waals surface area contributed by atoms with Gasteiger partial charge in [0.05, 0.1) is 0 Å². The predicted octanol–water partition coefficient (Wildman–Crippen LogP) is 21.0. The number of unbranched alkanes of at least 4 members (excludes halogenated alkanes) is 21. The van der Waals surface area contributed by atoms with Gasteiger partial charge < -0.3 is 14.2 Å². The molecule has 0 aliphatic carbocycles. The van der Waals surface area contributed by atoms with Crippen LogP contribution in [-0.2, 0) is 28.6 Å². The van der Waals surface area contributed by atoms with E-state index >= 15 is 0 Å². The standard InChI is InChI=1S/C69H112O6/c1-4-7-10-13-16-19-22-25-27-29-31-33-34-36-37-39-41-44-47-50-53-56-59-62-68(71)74-65-66(64-73-67(70)61-58-55-52-49-46-43-24-21-18-15-12-9-6-3)75-69(72)63-60-57-54-51-48-45-42-40-38-35-32-30-28-26-23-20-17-14-11-8-5-2/h7,10,12,15-16,19,21,23-27,30-33,36-38,40-41,44,66H,4-6,8-9,11,13-14,17-18,20,22,28-29,34-35,39,42-43,45-65H2,1-3H3/b10-7-,15-12-,19-16-,24-21-,26-23-,27-25-,32-30-,33-31-,37-36-,40-38-,44-41-. The summed E-state index contributed by atoms with van der Waals surface area (Å²) in [5.41, 5.74) is 0. The third-order valence-corrected chi connectivity index (χ3v) is 12.6. The van der Waals surface area contributed by atoms with Crippen LogP contribution in [0.1, 0.15) is 265 Å². The molecule has 0 aromatic carbocycles. The van der Waals surface area contributed by atoms with Crippen LogP contribution in [0.15, 0.2) is 134 Å². The average molecular weight is 1040 g/mol. The molecule has 6 heteroatoms. The highest BCUT2D eigenvalue weighted by Gasteiger charge is 2.19. The Bertz CT molecular complexity index is 1620. The van der Waals surface area contributed by atoms with Crippen molar-refractivity contribution in [3.8, 4) is 0 Å². The fraction of sp³-hybridized carbons (Fsp3) is 0.638. The van der Waals surface area contributed by atoms with E-state index in [-0.39, 0.29) is 31.1 Å². The summed E-state index contributed by atoms with van der Waals surface area (Å²) in [6.07, 6.45) is 87.3. The maximum atomic E-state index is 12.9. The maximum absolute atomic E-state index is 12.9. The number of hydrogen-bond donors (Lipinski definition) is 0. The monoisotopic (exact) mass is 1040 g/mol. The minimum absolute atomic E-state index is 0.103. The normalized spacial score (nSPS) is 13.1. The van der Waals surface area contributed by atoms with E-state index in [1.807, 2.05) is 0 Å². The van der Waals surface area contributed by atoms with Gasteiger partial charge in [-0.25, -0.2) is 0 Å². The van der Waals surface area contributed by atoms with Gasteiger partial charge >= 0.3 is 17.9 Å². The smallest absolute Gasteiger partial charge is 0.306 e. The van der Waals surface area contributed by atoms with Crippen LogP contribution in [0.3, 0.4) is 0 Å². The summed E-state index contributed by atoms with van der Waals surface area (Å²) in [4.78, 5) is 38.3. The lowest BCUT2D eigenvalue weighted by Gasteiger charge is -2.18. The van der Waals surface area contributed by atoms with E-state index < -0.39 is 6.10 Å². The average Bonchev–Trinajstić information content (AvgIpc) is 3.41. The highest BCUT2D eigenvalue weighted by atomic mass is 16.6. The number of esters is 3. The molecule has 0 spiro atoms. The van der Waals surface area contributed by atoms with Gasteiger partial charge in [-0.3, -0.25) is 14.4 Å². The third-order valence-electron chi connectivity index (χ3n) is 12.6. The molecule has 0 aromatic rings. The van der Waals surface area contributed by atoms with Crippen LogP contribution in [0.2, 0.25) is 0 Å². The van der Waals surface area contributed by atoms with E-state index in [0.717, 1.165) is 167 Å². The molecule has 0 aliphatic rings. The fourth-order valence-corrected chi connectivity index (χ4v) is 8.02. The minimum Gasteiger partial charge on any atom is -0.462 e. The van der Waals surface area contributed by atoms with Crippen LogP contribution < -0.4 is 0 Å². The van der Waals surface area contributed by atoms with Crippen LogP contribution in [-0.4, -0.2) is 37.2 Å². The van der Waals surface area contributed by atoms with E-state index in [9.17, 15) is 14.4 Å². The van der Waals surface area contributed by atoms with Gasteiger partial charge in [0.2, 0.25) is 0 Å². The Kier molecular flexibility index (Phi) is 58.4. The van der Waals surface area contributed by atoms with Gasteiger partial charge in [-0.1, -0.05) is 244 Å². The molecular formula is C69H112O6. The van der Waals surface area contributed by atoms with Gasteiger partial charge in [-0.2, -0.15) is 0 Å². The molecule has 6 nitrogen and oxygen atoms in total. The van der Waals surface area contributed by atoms with Crippen molar-refractivity contribution in [3.05, 3.63) is 134 Å². The summed E-state index contributed by atoms with van der Waals surface area (Å²) in [5.74, 6) is -0.956. The zero-order chi connectivity index (χ0) is 54.3. The molecule has 75 heavy (non-hydrogen) atoms. The summed E-state index contributed by atoms with van der Waals surface area (Å²) in [5, 5.41) is 0. The van der Waals surface area contributed by atoms with Crippen molar-refractivity contribution >= 4 is 17.9 Å². The first-order chi connectivity index (χ1) is 37.0. The Morgan fingerprint density at radius 2 is 0.547 bits per heavy atom. The molecule has 424 valence electrons. The topological polar surface area (TPSA) is 78.9 Å². The molecule has 0 N–H and O–H groups in total. The highest BCUT2D eigenvalue weighted by molar-refractivity contribution is 5.71. The van der Waals surface area contributed by atoms with Crippen molar-refractivity contribution in [2.75, 3.05) is 13.2 Å². The second kappa shape index (κ2) is 62.1. The third kappa shape index (κ3) is 60.3. The molecule has 1 atom stereocenters. The van der Waals surface area contributed by atoms with Gasteiger partial charge in [0.25, 0.3) is 0 Å². The first-order valence-corrected chi connectivity index (χ1v) is 30.7. The van der Waals surface area contributed by atoms with Gasteiger partial charge in [-0.05, 0) is 135 Å². The van der Waals surface area contributed by atoms with E-state index in [1.165, 1.54) is 57.8 Å². The molecule has 0 rings (SSSR count). The van der Waals surface area contributed by atoms with Gasteiger partial charge in [-0.15, -0.1) is 0 Å². The van der Waals surface area contributed by atoms with Crippen molar-refractivity contribution in [1.82, 2.24) is 0 Å². The Morgan fingerprint density at radius 1 is 0.280 bits per heavy atom. The zero-order valence-electron chi connectivity index (χ0n) is 48.5. The number of carbonyl (C=O) groups is 3. The second-order valence-corrected chi connectivity index (χ2v) is 19.9. The van der Waals surface area contributed by atoms with E-state index in [2.05, 4.69) is 154 Å². The van der Waals surface area contributed by atoms with Gasteiger partial charge in [0.1, 0.15) is 13.2 Å². The molecular weight excluding hydrogens is 925 g/mol. The van der Waals surface area contributed by atoms with Crippen LogP contribution >= 0.6 is 0 Å². The summed E-state index contributed by atoms with van der Waals surface area (Å²) < 4.78 is 16.9. The number of ether oxygens (including phenoxy) is 3.